The van der Waals surface area contributed by atoms with Crippen LogP contribution < -0.4 is 10.6 Å². The van der Waals surface area contributed by atoms with E-state index < -0.39 is 9.84 Å². The second-order valence-electron chi connectivity index (χ2n) is 5.30. The Morgan fingerprint density at radius 3 is 2.52 bits per heavy atom. The van der Waals surface area contributed by atoms with Crippen LogP contribution in [-0.4, -0.2) is 20.2 Å². The molecule has 1 aliphatic heterocycles. The molecule has 0 bridgehead atoms. The summed E-state index contributed by atoms with van der Waals surface area (Å²) >= 11 is 2.19. The number of urea groups is 1. The number of sulfone groups is 1. The summed E-state index contributed by atoms with van der Waals surface area (Å²) in [4.78, 5) is 12.5. The van der Waals surface area contributed by atoms with E-state index in [1.54, 1.807) is 24.3 Å². The normalized spacial score (nSPS) is 18.7. The van der Waals surface area contributed by atoms with Gasteiger partial charge in [0, 0.05) is 9.26 Å². The van der Waals surface area contributed by atoms with Gasteiger partial charge in [0.2, 0.25) is 0 Å². The van der Waals surface area contributed by atoms with Crippen LogP contribution in [0.25, 0.3) is 0 Å². The third kappa shape index (κ3) is 3.66. The summed E-state index contributed by atoms with van der Waals surface area (Å²) in [5, 5.41) is 5.62. The Morgan fingerprint density at radius 1 is 1.09 bits per heavy atom. The van der Waals surface area contributed by atoms with Crippen LogP contribution in [0.5, 0.6) is 0 Å². The Hall–Kier alpha value is -1.61. The average Bonchev–Trinajstić information content (AvgIpc) is 2.53. The predicted molar refractivity (Wildman–Crippen MR) is 97.2 cm³/mol. The minimum atomic E-state index is -3.25. The summed E-state index contributed by atoms with van der Waals surface area (Å²) < 4.78 is 25.3. The van der Waals surface area contributed by atoms with Crippen LogP contribution >= 0.6 is 22.6 Å². The highest BCUT2D eigenvalue weighted by atomic mass is 127. The van der Waals surface area contributed by atoms with Crippen LogP contribution in [0.2, 0.25) is 0 Å². The first-order chi connectivity index (χ1) is 11.0. The van der Waals surface area contributed by atoms with Crippen molar-refractivity contribution in [3.8, 4) is 0 Å². The molecule has 120 valence electrons. The molecule has 0 spiro atoms. The highest BCUT2D eigenvalue weighted by Gasteiger charge is 2.30. The van der Waals surface area contributed by atoms with Crippen molar-refractivity contribution in [2.45, 2.75) is 17.4 Å². The highest BCUT2D eigenvalue weighted by molar-refractivity contribution is 14.1. The zero-order valence-corrected chi connectivity index (χ0v) is 15.1. The molecule has 23 heavy (non-hydrogen) atoms. The summed E-state index contributed by atoms with van der Waals surface area (Å²) in [5.41, 5.74) is 1.34. The number of anilines is 1. The minimum absolute atomic E-state index is 0.0402. The van der Waals surface area contributed by atoms with Gasteiger partial charge in [0.25, 0.3) is 0 Å². The molecule has 1 heterocycles. The van der Waals surface area contributed by atoms with Gasteiger partial charge < -0.3 is 10.6 Å². The Bertz CT molecular complexity index is 835. The number of benzene rings is 2. The summed E-state index contributed by atoms with van der Waals surface area (Å²) in [6, 6.07) is 13.6. The predicted octanol–water partition coefficient (Wildman–Crippen LogP) is 3.33. The lowest BCUT2D eigenvalue weighted by Crippen LogP contribution is -2.36. The topological polar surface area (TPSA) is 75.3 Å². The quantitative estimate of drug-likeness (QED) is 0.701. The van der Waals surface area contributed by atoms with Crippen molar-refractivity contribution in [2.75, 3.05) is 11.1 Å². The van der Waals surface area contributed by atoms with Crippen LogP contribution in [0.3, 0.4) is 0 Å². The molecule has 0 radical (unpaired) electrons. The fourth-order valence-corrected chi connectivity index (χ4v) is 4.58. The van der Waals surface area contributed by atoms with Crippen LogP contribution in [0.4, 0.5) is 10.5 Å². The van der Waals surface area contributed by atoms with E-state index in [1.165, 1.54) is 0 Å². The number of halogens is 1. The largest absolute Gasteiger partial charge is 0.331 e. The van der Waals surface area contributed by atoms with Crippen molar-refractivity contribution >= 4 is 44.1 Å². The number of fused-ring (bicyclic) bond motifs is 1. The average molecular weight is 442 g/mol. The van der Waals surface area contributed by atoms with Crippen molar-refractivity contribution in [3.63, 3.8) is 0 Å². The Balaban J connectivity index is 1.75. The van der Waals surface area contributed by atoms with Gasteiger partial charge in [-0.05, 0) is 64.9 Å². The number of rotatable bonds is 2. The Kier molecular flexibility index (Phi) is 4.58. The van der Waals surface area contributed by atoms with E-state index >= 15 is 0 Å². The maximum Gasteiger partial charge on any atom is 0.319 e. The zero-order chi connectivity index (χ0) is 16.4. The fraction of sp³-hybridized carbons (Fsp3) is 0.188. The SMILES string of the molecule is O=C(Nc1ccc(I)cc1)NC1CCS(=O)(=O)c2ccccc21. The van der Waals surface area contributed by atoms with Gasteiger partial charge in [-0.1, -0.05) is 18.2 Å². The van der Waals surface area contributed by atoms with Gasteiger partial charge in [-0.25, -0.2) is 13.2 Å². The molecule has 1 unspecified atom stereocenters. The summed E-state index contributed by atoms with van der Waals surface area (Å²) in [7, 11) is -3.25. The van der Waals surface area contributed by atoms with Crippen molar-refractivity contribution in [2.24, 2.45) is 0 Å². The smallest absolute Gasteiger partial charge is 0.319 e. The zero-order valence-electron chi connectivity index (χ0n) is 12.1. The lowest BCUT2D eigenvalue weighted by Gasteiger charge is -2.26. The molecule has 3 rings (SSSR count). The van der Waals surface area contributed by atoms with Crippen molar-refractivity contribution in [1.29, 1.82) is 0 Å². The first-order valence-corrected chi connectivity index (χ1v) is 9.83. The van der Waals surface area contributed by atoms with Crippen molar-refractivity contribution in [1.82, 2.24) is 5.32 Å². The van der Waals surface area contributed by atoms with Gasteiger partial charge in [0.15, 0.2) is 9.84 Å². The van der Waals surface area contributed by atoms with E-state index in [2.05, 4.69) is 33.2 Å². The van der Waals surface area contributed by atoms with Gasteiger partial charge in [0.1, 0.15) is 0 Å². The maximum atomic E-state index is 12.2. The maximum absolute atomic E-state index is 12.2. The molecule has 0 aromatic heterocycles. The number of amides is 2. The Labute approximate surface area is 148 Å². The molecular weight excluding hydrogens is 427 g/mol. The third-order valence-corrected chi connectivity index (χ3v) is 6.25. The van der Waals surface area contributed by atoms with E-state index in [4.69, 9.17) is 0 Å². The van der Waals surface area contributed by atoms with E-state index in [0.717, 1.165) is 3.57 Å². The summed E-state index contributed by atoms with van der Waals surface area (Å²) in [6.07, 6.45) is 0.374. The van der Waals surface area contributed by atoms with Crippen molar-refractivity contribution < 1.29 is 13.2 Å². The van der Waals surface area contributed by atoms with Gasteiger partial charge in [-0.15, -0.1) is 0 Å². The van der Waals surface area contributed by atoms with E-state index in [-0.39, 0.29) is 17.8 Å². The molecule has 0 saturated carbocycles. The monoisotopic (exact) mass is 442 g/mol. The van der Waals surface area contributed by atoms with E-state index in [9.17, 15) is 13.2 Å². The molecule has 7 heteroatoms. The molecular formula is C16H15IN2O3S. The van der Waals surface area contributed by atoms with Gasteiger partial charge in [-0.3, -0.25) is 0 Å². The standard InChI is InChI=1S/C16H15IN2O3S/c17-11-5-7-12(8-6-11)18-16(20)19-14-9-10-23(21,22)15-4-2-1-3-13(14)15/h1-8,14H,9-10H2,(H2,18,19,20). The second kappa shape index (κ2) is 6.48. The molecule has 5 nitrogen and oxygen atoms in total. The van der Waals surface area contributed by atoms with Crippen LogP contribution in [0.15, 0.2) is 53.4 Å². The number of nitrogens with one attached hydrogen (secondary N) is 2. The van der Waals surface area contributed by atoms with Crippen LogP contribution in [-0.2, 0) is 9.84 Å². The summed E-state index contributed by atoms with van der Waals surface area (Å²) in [5.74, 6) is 0.0402. The molecule has 0 aliphatic carbocycles. The molecule has 1 aliphatic rings. The number of carbonyl (C=O) groups is 1. The van der Waals surface area contributed by atoms with Gasteiger partial charge in [0.05, 0.1) is 16.7 Å². The van der Waals surface area contributed by atoms with Gasteiger partial charge >= 0.3 is 6.03 Å². The molecule has 2 amide bonds. The first-order valence-electron chi connectivity index (χ1n) is 7.10. The van der Waals surface area contributed by atoms with Gasteiger partial charge in [-0.2, -0.15) is 0 Å². The van der Waals surface area contributed by atoms with E-state index in [0.29, 0.717) is 22.6 Å². The lowest BCUT2D eigenvalue weighted by atomic mass is 10.0. The second-order valence-corrected chi connectivity index (χ2v) is 8.63. The molecule has 1 atom stereocenters. The van der Waals surface area contributed by atoms with E-state index in [1.807, 2.05) is 24.3 Å². The number of hydrogen-bond acceptors (Lipinski definition) is 3. The highest BCUT2D eigenvalue weighted by Crippen LogP contribution is 2.31. The Morgan fingerprint density at radius 2 is 1.78 bits per heavy atom. The van der Waals surface area contributed by atoms with Crippen LogP contribution in [0.1, 0.15) is 18.0 Å². The molecule has 0 fully saturated rings. The summed E-state index contributed by atoms with van der Waals surface area (Å²) in [6.45, 7) is 0. The fourth-order valence-electron chi connectivity index (χ4n) is 2.60. The molecule has 2 aromatic carbocycles. The number of carbonyl (C=O) groups excluding carboxylic acids is 1. The molecule has 2 aromatic rings. The minimum Gasteiger partial charge on any atom is -0.331 e. The first kappa shape index (κ1) is 16.3. The van der Waals surface area contributed by atoms with Crippen molar-refractivity contribution in [3.05, 3.63) is 57.7 Å². The number of hydrogen-bond donors (Lipinski definition) is 2. The molecule has 0 saturated heterocycles. The third-order valence-electron chi connectivity index (χ3n) is 3.71. The lowest BCUT2D eigenvalue weighted by molar-refractivity contribution is 0.248. The van der Waals surface area contributed by atoms with Crippen LogP contribution in [0, 0.1) is 3.57 Å². The molecule has 2 N–H and O–H groups in total.